The fourth-order valence-corrected chi connectivity index (χ4v) is 3.57. The van der Waals surface area contributed by atoms with Crippen LogP contribution in [0.4, 0.5) is 0 Å². The number of likely N-dealkylation sites (tertiary alicyclic amines) is 1. The largest absolute Gasteiger partial charge is 0.336 e. The quantitative estimate of drug-likeness (QED) is 0.843. The average Bonchev–Trinajstić information content (AvgIpc) is 3.14. The lowest BCUT2D eigenvalue weighted by atomic mass is 10.1. The summed E-state index contributed by atoms with van der Waals surface area (Å²) in [5.74, 6) is 0.401. The van der Waals surface area contributed by atoms with Crippen molar-refractivity contribution in [3.8, 4) is 0 Å². The lowest BCUT2D eigenvalue weighted by molar-refractivity contribution is 0.0697. The second kappa shape index (κ2) is 5.42. The molecule has 7 nitrogen and oxygen atoms in total. The summed E-state index contributed by atoms with van der Waals surface area (Å²) in [5, 5.41) is 7.03. The number of carbonyl (C=O) groups excluding carboxylic acids is 1. The Labute approximate surface area is 124 Å². The number of nitrogens with one attached hydrogen (secondary N) is 2. The van der Waals surface area contributed by atoms with Gasteiger partial charge in [-0.25, -0.2) is 13.1 Å². The molecule has 1 aliphatic carbocycles. The van der Waals surface area contributed by atoms with Crippen LogP contribution in [0.1, 0.15) is 47.8 Å². The first kappa shape index (κ1) is 14.5. The number of aromatic nitrogens is 2. The van der Waals surface area contributed by atoms with Crippen LogP contribution >= 0.6 is 0 Å². The number of nitrogens with zero attached hydrogens (tertiary/aromatic N) is 2. The molecule has 0 unspecified atom stereocenters. The maximum atomic E-state index is 12.4. The van der Waals surface area contributed by atoms with Gasteiger partial charge in [-0.1, -0.05) is 0 Å². The lowest BCUT2D eigenvalue weighted by Crippen LogP contribution is -2.49. The number of piperidine rings is 1. The SMILES string of the molecule is CS(=O)(=O)N[C@@H]1CCCN(C(=O)c2cc(C3CC3)[nH]n2)C1. The van der Waals surface area contributed by atoms with Gasteiger partial charge >= 0.3 is 0 Å². The van der Waals surface area contributed by atoms with Crippen LogP contribution in [0.3, 0.4) is 0 Å². The Morgan fingerprint density at radius 1 is 1.43 bits per heavy atom. The van der Waals surface area contributed by atoms with Gasteiger partial charge in [0.25, 0.3) is 5.91 Å². The van der Waals surface area contributed by atoms with Gasteiger partial charge in [0.2, 0.25) is 10.0 Å². The van der Waals surface area contributed by atoms with Crippen molar-refractivity contribution in [2.75, 3.05) is 19.3 Å². The molecule has 2 heterocycles. The molecule has 0 aromatic carbocycles. The fourth-order valence-electron chi connectivity index (χ4n) is 2.77. The molecule has 1 amide bonds. The second-order valence-electron chi connectivity index (χ2n) is 5.96. The van der Waals surface area contributed by atoms with Crippen LogP contribution in [-0.4, -0.2) is 54.8 Å². The molecule has 2 N–H and O–H groups in total. The summed E-state index contributed by atoms with van der Waals surface area (Å²) in [7, 11) is -3.25. The van der Waals surface area contributed by atoms with E-state index in [1.54, 1.807) is 4.90 Å². The van der Waals surface area contributed by atoms with Crippen LogP contribution in [0.5, 0.6) is 0 Å². The minimum Gasteiger partial charge on any atom is -0.336 e. The van der Waals surface area contributed by atoms with Gasteiger partial charge in [0.15, 0.2) is 0 Å². The third-order valence-electron chi connectivity index (χ3n) is 3.92. The first-order chi connectivity index (χ1) is 9.92. The number of hydrogen-bond donors (Lipinski definition) is 2. The maximum absolute atomic E-state index is 12.4. The number of aromatic amines is 1. The van der Waals surface area contributed by atoms with Crippen molar-refractivity contribution in [3.05, 3.63) is 17.5 Å². The molecule has 2 fully saturated rings. The molecular formula is C13H20N4O3S. The highest BCUT2D eigenvalue weighted by Crippen LogP contribution is 2.39. The minimum absolute atomic E-state index is 0.127. The average molecular weight is 312 g/mol. The number of H-pyrrole nitrogens is 1. The van der Waals surface area contributed by atoms with Crippen LogP contribution in [-0.2, 0) is 10.0 Å². The molecule has 8 heteroatoms. The molecule has 3 rings (SSSR count). The van der Waals surface area contributed by atoms with Crippen molar-refractivity contribution < 1.29 is 13.2 Å². The number of rotatable bonds is 4. The van der Waals surface area contributed by atoms with Crippen molar-refractivity contribution in [1.29, 1.82) is 0 Å². The Kier molecular flexibility index (Phi) is 3.75. The summed E-state index contributed by atoms with van der Waals surface area (Å²) in [5.41, 5.74) is 1.46. The van der Waals surface area contributed by atoms with E-state index in [0.717, 1.165) is 37.6 Å². The Morgan fingerprint density at radius 2 is 2.19 bits per heavy atom. The standard InChI is InChI=1S/C13H20N4O3S/c1-21(19,20)16-10-3-2-6-17(8-10)13(18)12-7-11(14-15-12)9-4-5-9/h7,9-10,16H,2-6,8H2,1H3,(H,14,15)/t10-/m1/s1. The van der Waals surface area contributed by atoms with E-state index in [-0.39, 0.29) is 11.9 Å². The van der Waals surface area contributed by atoms with Gasteiger partial charge in [-0.3, -0.25) is 9.89 Å². The van der Waals surface area contributed by atoms with Gasteiger partial charge < -0.3 is 4.90 Å². The van der Waals surface area contributed by atoms with Crippen LogP contribution in [0.2, 0.25) is 0 Å². The second-order valence-corrected chi connectivity index (χ2v) is 7.74. The van der Waals surface area contributed by atoms with Crippen LogP contribution in [0, 0.1) is 0 Å². The van der Waals surface area contributed by atoms with E-state index in [1.807, 2.05) is 6.07 Å². The highest BCUT2D eigenvalue weighted by atomic mass is 32.2. The van der Waals surface area contributed by atoms with Crippen LogP contribution in [0.15, 0.2) is 6.07 Å². The molecule has 1 saturated carbocycles. The summed E-state index contributed by atoms with van der Waals surface area (Å²) >= 11 is 0. The summed E-state index contributed by atoms with van der Waals surface area (Å²) in [6, 6.07) is 1.62. The first-order valence-electron chi connectivity index (χ1n) is 7.24. The third-order valence-corrected chi connectivity index (χ3v) is 4.68. The van der Waals surface area contributed by atoms with Crippen molar-refractivity contribution in [3.63, 3.8) is 0 Å². The Hall–Kier alpha value is -1.41. The molecule has 0 bridgehead atoms. The zero-order valence-corrected chi connectivity index (χ0v) is 12.8. The van der Waals surface area contributed by atoms with Crippen molar-refractivity contribution in [2.45, 2.75) is 37.6 Å². The Balaban J connectivity index is 1.65. The maximum Gasteiger partial charge on any atom is 0.274 e. The predicted molar refractivity (Wildman–Crippen MR) is 77.5 cm³/mol. The number of sulfonamides is 1. The molecule has 1 saturated heterocycles. The van der Waals surface area contributed by atoms with E-state index in [4.69, 9.17) is 0 Å². The van der Waals surface area contributed by atoms with Crippen LogP contribution in [0.25, 0.3) is 0 Å². The predicted octanol–water partition coefficient (Wildman–Crippen LogP) is 0.441. The Bertz CT molecular complexity index is 636. The van der Waals surface area contributed by atoms with Crippen molar-refractivity contribution >= 4 is 15.9 Å². The smallest absolute Gasteiger partial charge is 0.274 e. The van der Waals surface area contributed by atoms with Crippen molar-refractivity contribution in [2.24, 2.45) is 0 Å². The van der Waals surface area contributed by atoms with Crippen LogP contribution < -0.4 is 4.72 Å². The monoisotopic (exact) mass is 312 g/mol. The molecule has 0 radical (unpaired) electrons. The van der Waals surface area contributed by atoms with Gasteiger partial charge in [-0.15, -0.1) is 0 Å². The molecule has 1 aliphatic heterocycles. The fraction of sp³-hybridized carbons (Fsp3) is 0.692. The van der Waals surface area contributed by atoms with E-state index in [1.165, 1.54) is 0 Å². The highest BCUT2D eigenvalue weighted by Gasteiger charge is 2.30. The molecule has 21 heavy (non-hydrogen) atoms. The number of hydrogen-bond acceptors (Lipinski definition) is 4. The van der Waals surface area contributed by atoms with Gasteiger partial charge in [0.05, 0.1) is 6.26 Å². The summed E-state index contributed by atoms with van der Waals surface area (Å²) in [4.78, 5) is 14.1. The lowest BCUT2D eigenvalue weighted by Gasteiger charge is -2.32. The molecule has 1 aromatic rings. The highest BCUT2D eigenvalue weighted by molar-refractivity contribution is 7.88. The van der Waals surface area contributed by atoms with E-state index < -0.39 is 10.0 Å². The van der Waals surface area contributed by atoms with E-state index >= 15 is 0 Å². The summed E-state index contributed by atoms with van der Waals surface area (Å²) < 4.78 is 25.2. The zero-order chi connectivity index (χ0) is 15.0. The Morgan fingerprint density at radius 3 is 2.86 bits per heavy atom. The normalized spacial score (nSPS) is 23.3. The van der Waals surface area contributed by atoms with Gasteiger partial charge in [-0.2, -0.15) is 5.10 Å². The summed E-state index contributed by atoms with van der Waals surface area (Å²) in [6.07, 6.45) is 4.99. The third kappa shape index (κ3) is 3.62. The van der Waals surface area contributed by atoms with Gasteiger partial charge in [-0.05, 0) is 31.7 Å². The minimum atomic E-state index is -3.25. The van der Waals surface area contributed by atoms with Gasteiger partial charge in [0.1, 0.15) is 5.69 Å². The molecular weight excluding hydrogens is 292 g/mol. The number of carbonyl (C=O) groups is 1. The first-order valence-corrected chi connectivity index (χ1v) is 9.13. The zero-order valence-electron chi connectivity index (χ0n) is 12.0. The van der Waals surface area contributed by atoms with E-state index in [0.29, 0.717) is 24.7 Å². The van der Waals surface area contributed by atoms with E-state index in [2.05, 4.69) is 14.9 Å². The van der Waals surface area contributed by atoms with Crippen molar-refractivity contribution in [1.82, 2.24) is 19.8 Å². The number of amides is 1. The van der Waals surface area contributed by atoms with Gasteiger partial charge in [0, 0.05) is 30.7 Å². The molecule has 1 atom stereocenters. The molecule has 116 valence electrons. The molecule has 0 spiro atoms. The molecule has 2 aliphatic rings. The summed E-state index contributed by atoms with van der Waals surface area (Å²) in [6.45, 7) is 1.05. The van der Waals surface area contributed by atoms with E-state index in [9.17, 15) is 13.2 Å². The molecule has 1 aromatic heterocycles. The topological polar surface area (TPSA) is 95.2 Å².